The number of hydrogen-bond donors (Lipinski definition) is 0. The number of nitrogens with zero attached hydrogens (tertiary/aromatic N) is 8. The molecule has 6 rings (SSSR count). The fraction of sp³-hybridized carbons (Fsp3) is 0.529. The molecule has 0 amide bonds. The van der Waals surface area contributed by atoms with Gasteiger partial charge in [-0.1, -0.05) is 6.07 Å². The van der Waals surface area contributed by atoms with Crippen molar-refractivity contribution in [1.29, 1.82) is 0 Å². The first-order valence-electron chi connectivity index (χ1n) is 16.0. The quantitative estimate of drug-likeness (QED) is 0.329. The standard InChI is InChI=1S/C12H16N2O2.2C11H15N3O2/c1-9(15)11-7-10(8-14(11)2)16-12-5-3-4-6-13-12;2*1-8(15)10-5-9(6-14(10)2)16-11-3-4-12-7-13-11/h3-6,10-11H,7-8H2,1-2H3;2*3-4,7,9-10H,5-6H2,1-2H3. The van der Waals surface area contributed by atoms with Gasteiger partial charge >= 0.3 is 0 Å². The molecule has 3 fully saturated rings. The summed E-state index contributed by atoms with van der Waals surface area (Å²) in [6.45, 7) is 7.16. The second kappa shape index (κ2) is 17.7. The van der Waals surface area contributed by atoms with E-state index in [9.17, 15) is 14.4 Å². The second-order valence-electron chi connectivity index (χ2n) is 12.4. The molecular weight excluding hydrogens is 616 g/mol. The summed E-state index contributed by atoms with van der Waals surface area (Å²) in [6.07, 6.45) is 10.3. The van der Waals surface area contributed by atoms with Crippen LogP contribution in [0.1, 0.15) is 40.0 Å². The van der Waals surface area contributed by atoms with E-state index in [0.717, 1.165) is 38.9 Å². The number of ketones is 3. The largest absolute Gasteiger partial charge is 0.473 e. The molecule has 0 spiro atoms. The van der Waals surface area contributed by atoms with E-state index in [4.69, 9.17) is 14.2 Å². The first-order valence-corrected chi connectivity index (χ1v) is 16.0. The Balaban J connectivity index is 0.000000163. The van der Waals surface area contributed by atoms with Gasteiger partial charge in [-0.3, -0.25) is 29.1 Å². The van der Waals surface area contributed by atoms with Crippen LogP contribution in [0.15, 0.2) is 61.6 Å². The summed E-state index contributed by atoms with van der Waals surface area (Å²) in [6, 6.07) is 8.98. The number of Topliss-reactive ketones (excluding diaryl/α,β-unsaturated/α-hetero) is 3. The molecule has 3 aliphatic heterocycles. The summed E-state index contributed by atoms with van der Waals surface area (Å²) in [7, 11) is 5.83. The van der Waals surface area contributed by atoms with Crippen LogP contribution in [0.2, 0.25) is 0 Å². The van der Waals surface area contributed by atoms with Crippen LogP contribution in [0.3, 0.4) is 0 Å². The molecule has 6 unspecified atom stereocenters. The van der Waals surface area contributed by atoms with E-state index in [2.05, 4.69) is 24.9 Å². The predicted molar refractivity (Wildman–Crippen MR) is 177 cm³/mol. The Morgan fingerprint density at radius 2 is 0.938 bits per heavy atom. The molecule has 3 saturated heterocycles. The lowest BCUT2D eigenvalue weighted by Gasteiger charge is -2.14. The van der Waals surface area contributed by atoms with Gasteiger partial charge in [0.1, 0.15) is 48.3 Å². The minimum Gasteiger partial charge on any atom is -0.473 e. The summed E-state index contributed by atoms with van der Waals surface area (Å²) in [5.41, 5.74) is 0. The number of aromatic nitrogens is 5. The fourth-order valence-corrected chi connectivity index (χ4v) is 6.17. The van der Waals surface area contributed by atoms with Gasteiger partial charge in [0.25, 0.3) is 0 Å². The van der Waals surface area contributed by atoms with E-state index in [0.29, 0.717) is 17.6 Å². The molecule has 0 radical (unpaired) electrons. The molecule has 48 heavy (non-hydrogen) atoms. The minimum atomic E-state index is -0.0214. The molecule has 6 heterocycles. The maximum atomic E-state index is 11.3. The molecule has 14 heteroatoms. The molecule has 258 valence electrons. The minimum absolute atomic E-state index is 0.00582. The van der Waals surface area contributed by atoms with Crippen molar-refractivity contribution in [2.45, 2.75) is 76.5 Å². The lowest BCUT2D eigenvalue weighted by Crippen LogP contribution is -2.31. The van der Waals surface area contributed by atoms with Crippen LogP contribution in [-0.4, -0.2) is 134 Å². The molecule has 0 aromatic carbocycles. The maximum absolute atomic E-state index is 11.3. The van der Waals surface area contributed by atoms with Crippen molar-refractivity contribution in [2.75, 3.05) is 40.8 Å². The Labute approximate surface area is 281 Å². The molecule has 3 aliphatic rings. The van der Waals surface area contributed by atoms with Crippen LogP contribution in [0.25, 0.3) is 0 Å². The van der Waals surface area contributed by atoms with Crippen LogP contribution >= 0.6 is 0 Å². The smallest absolute Gasteiger partial charge is 0.216 e. The number of carbonyl (C=O) groups is 3. The molecule has 0 N–H and O–H groups in total. The van der Waals surface area contributed by atoms with Crippen molar-refractivity contribution < 1.29 is 28.6 Å². The van der Waals surface area contributed by atoms with Crippen molar-refractivity contribution in [3.05, 3.63) is 61.6 Å². The van der Waals surface area contributed by atoms with Crippen LogP contribution in [0.5, 0.6) is 17.6 Å². The van der Waals surface area contributed by atoms with Gasteiger partial charge in [0.2, 0.25) is 17.6 Å². The number of ether oxygens (including phenoxy) is 3. The molecule has 3 aromatic rings. The lowest BCUT2D eigenvalue weighted by molar-refractivity contribution is -0.121. The molecule has 6 atom stereocenters. The van der Waals surface area contributed by atoms with Gasteiger partial charge in [0, 0.05) is 75.7 Å². The summed E-state index contributed by atoms with van der Waals surface area (Å²) < 4.78 is 17.1. The summed E-state index contributed by atoms with van der Waals surface area (Å²) in [5.74, 6) is 2.35. The van der Waals surface area contributed by atoms with Gasteiger partial charge in [-0.2, -0.15) is 0 Å². The van der Waals surface area contributed by atoms with Crippen molar-refractivity contribution in [3.63, 3.8) is 0 Å². The molecule has 14 nitrogen and oxygen atoms in total. The maximum Gasteiger partial charge on any atom is 0.216 e. The van der Waals surface area contributed by atoms with Gasteiger partial charge in [-0.15, -0.1) is 0 Å². The Bertz CT molecular complexity index is 1280. The topological polar surface area (TPSA) is 153 Å². The van der Waals surface area contributed by atoms with Crippen molar-refractivity contribution in [1.82, 2.24) is 39.6 Å². The van der Waals surface area contributed by atoms with Gasteiger partial charge in [0.15, 0.2) is 0 Å². The third-order valence-corrected chi connectivity index (χ3v) is 8.55. The average molecular weight is 663 g/mol. The van der Waals surface area contributed by atoms with Crippen LogP contribution in [0, 0.1) is 0 Å². The van der Waals surface area contributed by atoms with E-state index < -0.39 is 0 Å². The van der Waals surface area contributed by atoms with E-state index in [1.54, 1.807) is 51.5 Å². The predicted octanol–water partition coefficient (Wildman–Crippen LogP) is 2.16. The summed E-state index contributed by atoms with van der Waals surface area (Å²) in [5, 5.41) is 0. The first-order chi connectivity index (χ1) is 23.0. The SMILES string of the molecule is CC(=O)C1CC(Oc2ccccn2)CN1C.CC(=O)C1CC(Oc2ccncn2)CN1C.CC(=O)C1CC(Oc2ccncn2)CN1C. The third kappa shape index (κ3) is 10.8. The molecular formula is C34H46N8O6. The zero-order valence-corrected chi connectivity index (χ0v) is 28.5. The average Bonchev–Trinajstić information content (AvgIpc) is 3.74. The number of likely N-dealkylation sites (tertiary alicyclic amines) is 3. The highest BCUT2D eigenvalue weighted by atomic mass is 16.5. The Kier molecular flexibility index (Phi) is 13.4. The Morgan fingerprint density at radius 3 is 1.21 bits per heavy atom. The third-order valence-electron chi connectivity index (χ3n) is 8.55. The first kappa shape index (κ1) is 36.4. The highest BCUT2D eigenvalue weighted by molar-refractivity contribution is 5.82. The van der Waals surface area contributed by atoms with Crippen LogP contribution in [-0.2, 0) is 14.4 Å². The van der Waals surface area contributed by atoms with E-state index in [-0.39, 0.29) is 53.8 Å². The Morgan fingerprint density at radius 1 is 0.562 bits per heavy atom. The number of hydrogen-bond acceptors (Lipinski definition) is 14. The van der Waals surface area contributed by atoms with Crippen LogP contribution < -0.4 is 14.2 Å². The van der Waals surface area contributed by atoms with Gasteiger partial charge in [-0.25, -0.2) is 24.9 Å². The van der Waals surface area contributed by atoms with E-state index >= 15 is 0 Å². The summed E-state index contributed by atoms with van der Waals surface area (Å²) >= 11 is 0. The highest BCUT2D eigenvalue weighted by Gasteiger charge is 2.35. The normalized spacial score (nSPS) is 25.6. The van der Waals surface area contributed by atoms with Crippen molar-refractivity contribution in [3.8, 4) is 17.6 Å². The van der Waals surface area contributed by atoms with Gasteiger partial charge in [-0.05, 0) is 48.0 Å². The molecule has 0 bridgehead atoms. The highest BCUT2D eigenvalue weighted by Crippen LogP contribution is 2.23. The van der Waals surface area contributed by atoms with E-state index in [1.807, 2.05) is 54.0 Å². The monoisotopic (exact) mass is 662 g/mol. The Hall–Kier alpha value is -4.40. The van der Waals surface area contributed by atoms with Gasteiger partial charge in [0.05, 0.1) is 18.1 Å². The zero-order chi connectivity index (χ0) is 34.6. The number of pyridine rings is 1. The molecule has 0 aliphatic carbocycles. The lowest BCUT2D eigenvalue weighted by atomic mass is 10.1. The van der Waals surface area contributed by atoms with E-state index in [1.165, 1.54) is 12.7 Å². The zero-order valence-electron chi connectivity index (χ0n) is 28.5. The number of likely N-dealkylation sites (N-methyl/N-ethyl adjacent to an activating group) is 3. The van der Waals surface area contributed by atoms with Crippen molar-refractivity contribution >= 4 is 17.3 Å². The molecule has 3 aromatic heterocycles. The molecule has 0 saturated carbocycles. The fourth-order valence-electron chi connectivity index (χ4n) is 6.17. The summed E-state index contributed by atoms with van der Waals surface area (Å²) in [4.78, 5) is 59.8. The van der Waals surface area contributed by atoms with Crippen LogP contribution in [0.4, 0.5) is 0 Å². The van der Waals surface area contributed by atoms with Gasteiger partial charge < -0.3 is 14.2 Å². The second-order valence-corrected chi connectivity index (χ2v) is 12.4. The van der Waals surface area contributed by atoms with Crippen molar-refractivity contribution in [2.24, 2.45) is 0 Å². The number of carbonyl (C=O) groups excluding carboxylic acids is 3. The number of rotatable bonds is 9.